The second-order valence-electron chi connectivity index (χ2n) is 7.54. The molecule has 1 amide bonds. The van der Waals surface area contributed by atoms with Crippen LogP contribution in [0.25, 0.3) is 22.6 Å². The summed E-state index contributed by atoms with van der Waals surface area (Å²) in [6, 6.07) is 6.16. The first kappa shape index (κ1) is 20.5. The van der Waals surface area contributed by atoms with Gasteiger partial charge in [-0.1, -0.05) is 12.1 Å². The number of hydrogen-bond acceptors (Lipinski definition) is 5. The van der Waals surface area contributed by atoms with E-state index in [1.54, 1.807) is 30.7 Å². The minimum absolute atomic E-state index is 0.242. The predicted octanol–water partition coefficient (Wildman–Crippen LogP) is 3.46. The molecule has 0 spiro atoms. The quantitative estimate of drug-likeness (QED) is 0.656. The molecule has 0 aliphatic carbocycles. The van der Waals surface area contributed by atoms with Gasteiger partial charge in [-0.25, -0.2) is 24.1 Å². The molecule has 154 valence electrons. The molecule has 0 saturated carbocycles. The molecule has 0 radical (unpaired) electrons. The molecule has 29 heavy (non-hydrogen) atoms. The third-order valence-electron chi connectivity index (χ3n) is 5.11. The summed E-state index contributed by atoms with van der Waals surface area (Å²) >= 11 is 0. The average Bonchev–Trinajstić information content (AvgIpc) is 2.98. The van der Waals surface area contributed by atoms with Crippen LogP contribution in [0, 0.1) is 5.82 Å². The van der Waals surface area contributed by atoms with Gasteiger partial charge < -0.3 is 20.3 Å². The zero-order valence-electron chi connectivity index (χ0n) is 17.0. The number of carboxylic acid groups (broad SMARTS) is 1. The zero-order valence-corrected chi connectivity index (χ0v) is 17.0. The number of carbonyl (C=O) groups is 1. The van der Waals surface area contributed by atoms with Crippen molar-refractivity contribution in [2.45, 2.75) is 39.2 Å². The van der Waals surface area contributed by atoms with Crippen LogP contribution in [-0.4, -0.2) is 47.7 Å². The Morgan fingerprint density at radius 1 is 1.31 bits per heavy atom. The third-order valence-corrected chi connectivity index (χ3v) is 5.11. The molecule has 0 unspecified atom stereocenters. The summed E-state index contributed by atoms with van der Waals surface area (Å²) in [5.74, 6) is 0.946. The van der Waals surface area contributed by atoms with E-state index < -0.39 is 11.6 Å². The SMILES string of the molecule is CCN(C(=O)O)C(C)(C)CCc1nc(N)c2nc(-c3cccc(F)c3)n(C)c2n1. The Labute approximate surface area is 168 Å². The minimum Gasteiger partial charge on any atom is -0.465 e. The molecule has 3 rings (SSSR count). The fourth-order valence-electron chi connectivity index (χ4n) is 3.50. The van der Waals surface area contributed by atoms with Gasteiger partial charge in [0.25, 0.3) is 0 Å². The van der Waals surface area contributed by atoms with E-state index in [2.05, 4.69) is 15.0 Å². The van der Waals surface area contributed by atoms with E-state index in [4.69, 9.17) is 5.73 Å². The molecule has 0 fully saturated rings. The van der Waals surface area contributed by atoms with E-state index in [1.807, 2.05) is 13.8 Å². The average molecular weight is 400 g/mol. The number of amides is 1. The molecule has 2 aromatic heterocycles. The summed E-state index contributed by atoms with van der Waals surface area (Å²) < 4.78 is 15.4. The van der Waals surface area contributed by atoms with Crippen molar-refractivity contribution in [2.75, 3.05) is 12.3 Å². The molecule has 2 heterocycles. The highest BCUT2D eigenvalue weighted by Crippen LogP contribution is 2.27. The van der Waals surface area contributed by atoms with Gasteiger partial charge in [0.05, 0.1) is 0 Å². The largest absolute Gasteiger partial charge is 0.465 e. The maximum Gasteiger partial charge on any atom is 0.407 e. The Balaban J connectivity index is 1.93. The summed E-state index contributed by atoms with van der Waals surface area (Å²) in [4.78, 5) is 26.3. The smallest absolute Gasteiger partial charge is 0.407 e. The molecule has 0 aliphatic heterocycles. The third kappa shape index (κ3) is 3.98. The van der Waals surface area contributed by atoms with Crippen molar-refractivity contribution in [3.8, 4) is 11.4 Å². The maximum atomic E-state index is 13.6. The van der Waals surface area contributed by atoms with Crippen molar-refractivity contribution >= 4 is 23.1 Å². The number of nitrogen functional groups attached to an aromatic ring is 1. The highest BCUT2D eigenvalue weighted by molar-refractivity contribution is 5.85. The zero-order chi connectivity index (χ0) is 21.3. The normalized spacial score (nSPS) is 11.8. The molecule has 0 atom stereocenters. The number of benzene rings is 1. The number of anilines is 1. The van der Waals surface area contributed by atoms with E-state index in [1.165, 1.54) is 17.0 Å². The van der Waals surface area contributed by atoms with Gasteiger partial charge in [-0.3, -0.25) is 0 Å². The van der Waals surface area contributed by atoms with Gasteiger partial charge in [-0.15, -0.1) is 0 Å². The topological polar surface area (TPSA) is 110 Å². The molecule has 1 aromatic carbocycles. The number of nitrogens with zero attached hydrogens (tertiary/aromatic N) is 5. The molecule has 3 aromatic rings. The monoisotopic (exact) mass is 400 g/mol. The van der Waals surface area contributed by atoms with Crippen molar-refractivity contribution in [3.05, 3.63) is 35.9 Å². The van der Waals surface area contributed by atoms with Crippen molar-refractivity contribution < 1.29 is 14.3 Å². The number of rotatable bonds is 6. The fraction of sp³-hybridized carbons (Fsp3) is 0.400. The van der Waals surface area contributed by atoms with Gasteiger partial charge in [-0.2, -0.15) is 0 Å². The summed E-state index contributed by atoms with van der Waals surface area (Å²) in [5.41, 5.74) is 7.16. The van der Waals surface area contributed by atoms with Crippen LogP contribution in [0.5, 0.6) is 0 Å². The Bertz CT molecular complexity index is 1060. The van der Waals surface area contributed by atoms with Crippen LogP contribution < -0.4 is 5.73 Å². The lowest BCUT2D eigenvalue weighted by Crippen LogP contribution is -2.47. The molecule has 3 N–H and O–H groups in total. The lowest BCUT2D eigenvalue weighted by atomic mass is 9.96. The van der Waals surface area contributed by atoms with Crippen molar-refractivity contribution in [2.24, 2.45) is 7.05 Å². The van der Waals surface area contributed by atoms with E-state index >= 15 is 0 Å². The first-order valence-corrected chi connectivity index (χ1v) is 9.39. The Morgan fingerprint density at radius 2 is 2.03 bits per heavy atom. The van der Waals surface area contributed by atoms with Crippen LogP contribution in [0.4, 0.5) is 15.0 Å². The predicted molar refractivity (Wildman–Crippen MR) is 109 cm³/mol. The van der Waals surface area contributed by atoms with Crippen LogP contribution >= 0.6 is 0 Å². The summed E-state index contributed by atoms with van der Waals surface area (Å²) in [5, 5.41) is 9.39. The number of aryl methyl sites for hydroxylation is 2. The lowest BCUT2D eigenvalue weighted by molar-refractivity contribution is 0.0915. The second kappa shape index (κ2) is 7.65. The van der Waals surface area contributed by atoms with E-state index in [9.17, 15) is 14.3 Å². The first-order chi connectivity index (χ1) is 13.6. The second-order valence-corrected chi connectivity index (χ2v) is 7.54. The van der Waals surface area contributed by atoms with E-state index in [0.717, 1.165) is 0 Å². The van der Waals surface area contributed by atoms with Gasteiger partial charge in [0, 0.05) is 31.1 Å². The summed E-state index contributed by atoms with van der Waals surface area (Å²) in [6.07, 6.45) is 0.0316. The summed E-state index contributed by atoms with van der Waals surface area (Å²) in [7, 11) is 1.79. The number of halogens is 1. The molecule has 0 saturated heterocycles. The van der Waals surface area contributed by atoms with Crippen molar-refractivity contribution in [1.82, 2.24) is 24.4 Å². The Morgan fingerprint density at radius 3 is 2.66 bits per heavy atom. The molecule has 0 aliphatic rings. The van der Waals surface area contributed by atoms with Crippen LogP contribution in [0.1, 0.15) is 33.0 Å². The molecule has 9 heteroatoms. The minimum atomic E-state index is -0.959. The number of fused-ring (bicyclic) bond motifs is 1. The Kier molecular flexibility index (Phi) is 5.41. The molecule has 0 bridgehead atoms. The number of nitrogens with two attached hydrogens (primary N) is 1. The van der Waals surface area contributed by atoms with Gasteiger partial charge >= 0.3 is 6.09 Å². The summed E-state index contributed by atoms with van der Waals surface area (Å²) in [6.45, 7) is 5.94. The molecule has 8 nitrogen and oxygen atoms in total. The standard InChI is InChI=1S/C20H25FN6O2/c1-5-27(19(28)29)20(2,3)10-9-14-23-16(22)15-18(24-14)26(4)17(25-15)12-7-6-8-13(21)11-12/h6-8,11H,5,9-10H2,1-4H3,(H,28,29)(H2,22,23,24). The highest BCUT2D eigenvalue weighted by Gasteiger charge is 2.29. The van der Waals surface area contributed by atoms with Crippen LogP contribution in [0.15, 0.2) is 24.3 Å². The van der Waals surface area contributed by atoms with Gasteiger partial charge in [0.15, 0.2) is 17.0 Å². The Hall–Kier alpha value is -3.23. The first-order valence-electron chi connectivity index (χ1n) is 9.39. The van der Waals surface area contributed by atoms with Gasteiger partial charge in [0.1, 0.15) is 17.5 Å². The van der Waals surface area contributed by atoms with Gasteiger partial charge in [0.2, 0.25) is 0 Å². The van der Waals surface area contributed by atoms with E-state index in [-0.39, 0.29) is 11.6 Å². The van der Waals surface area contributed by atoms with Crippen molar-refractivity contribution in [1.29, 1.82) is 0 Å². The van der Waals surface area contributed by atoms with Crippen molar-refractivity contribution in [3.63, 3.8) is 0 Å². The van der Waals surface area contributed by atoms with Gasteiger partial charge in [-0.05, 0) is 39.3 Å². The van der Waals surface area contributed by atoms with E-state index in [0.29, 0.717) is 47.8 Å². The molecular formula is C20H25FN6O2. The number of aromatic nitrogens is 4. The fourth-order valence-corrected chi connectivity index (χ4v) is 3.50. The van der Waals surface area contributed by atoms with Crippen LogP contribution in [-0.2, 0) is 13.5 Å². The maximum absolute atomic E-state index is 13.6. The number of imidazole rings is 1. The number of hydrogen-bond donors (Lipinski definition) is 2. The highest BCUT2D eigenvalue weighted by atomic mass is 19.1. The van der Waals surface area contributed by atoms with Crippen LogP contribution in [0.3, 0.4) is 0 Å². The molecular weight excluding hydrogens is 375 g/mol. The van der Waals surface area contributed by atoms with Crippen LogP contribution in [0.2, 0.25) is 0 Å². The lowest BCUT2D eigenvalue weighted by Gasteiger charge is -2.35.